The molecule has 0 saturated heterocycles. The lowest BCUT2D eigenvalue weighted by Gasteiger charge is -2.08. The van der Waals surface area contributed by atoms with Crippen LogP contribution in [0.3, 0.4) is 0 Å². The molecule has 0 N–H and O–H groups in total. The van der Waals surface area contributed by atoms with Crippen molar-refractivity contribution in [3.63, 3.8) is 0 Å². The van der Waals surface area contributed by atoms with Crippen molar-refractivity contribution < 1.29 is 22.0 Å². The van der Waals surface area contributed by atoms with Crippen molar-refractivity contribution in [3.05, 3.63) is 63.9 Å². The molecule has 0 aliphatic carbocycles. The van der Waals surface area contributed by atoms with E-state index in [0.717, 1.165) is 11.8 Å². The van der Waals surface area contributed by atoms with E-state index in [4.69, 9.17) is 11.6 Å². The Labute approximate surface area is 120 Å². The molecule has 0 fully saturated rings. The Hall–Kier alpha value is -1.27. The first-order valence-electron chi connectivity index (χ1n) is 5.30. The SMILES string of the molecule is Fc1c(F)c(F)c(CSc2ccc(Cl)cc2)c(F)c1F. The van der Waals surface area contributed by atoms with E-state index in [2.05, 4.69) is 0 Å². The third kappa shape index (κ3) is 2.91. The van der Waals surface area contributed by atoms with Crippen molar-refractivity contribution in [3.8, 4) is 0 Å². The van der Waals surface area contributed by atoms with Crippen molar-refractivity contribution in [1.82, 2.24) is 0 Å². The molecule has 2 aromatic rings. The van der Waals surface area contributed by atoms with Gasteiger partial charge < -0.3 is 0 Å². The number of rotatable bonds is 3. The van der Waals surface area contributed by atoms with Gasteiger partial charge in [0.05, 0.1) is 0 Å². The van der Waals surface area contributed by atoms with E-state index < -0.39 is 34.6 Å². The summed E-state index contributed by atoms with van der Waals surface area (Å²) in [6, 6.07) is 6.28. The van der Waals surface area contributed by atoms with Gasteiger partial charge in [-0.25, -0.2) is 22.0 Å². The summed E-state index contributed by atoms with van der Waals surface area (Å²) < 4.78 is 65.7. The number of hydrogen-bond donors (Lipinski definition) is 0. The van der Waals surface area contributed by atoms with Crippen LogP contribution in [0.2, 0.25) is 5.02 Å². The van der Waals surface area contributed by atoms with E-state index in [1.807, 2.05) is 0 Å². The van der Waals surface area contributed by atoms with Gasteiger partial charge >= 0.3 is 0 Å². The summed E-state index contributed by atoms with van der Waals surface area (Å²) in [6.45, 7) is 0. The summed E-state index contributed by atoms with van der Waals surface area (Å²) in [5.74, 6) is -10.0. The molecule has 2 rings (SSSR count). The molecule has 0 atom stereocenters. The highest BCUT2D eigenvalue weighted by molar-refractivity contribution is 7.98. The molecule has 106 valence electrons. The molecular weight excluding hydrogens is 319 g/mol. The molecule has 0 amide bonds. The maximum atomic E-state index is 13.4. The van der Waals surface area contributed by atoms with Crippen molar-refractivity contribution in [2.75, 3.05) is 0 Å². The van der Waals surface area contributed by atoms with E-state index in [1.165, 1.54) is 0 Å². The normalized spacial score (nSPS) is 10.9. The molecule has 0 aromatic heterocycles. The van der Waals surface area contributed by atoms with Crippen LogP contribution in [0, 0.1) is 29.1 Å². The predicted molar refractivity (Wildman–Crippen MR) is 67.2 cm³/mol. The first kappa shape index (κ1) is 15.1. The second-order valence-electron chi connectivity index (χ2n) is 3.79. The zero-order valence-electron chi connectivity index (χ0n) is 9.69. The summed E-state index contributed by atoms with van der Waals surface area (Å²) >= 11 is 6.61. The predicted octanol–water partition coefficient (Wildman–Crippen LogP) is 5.33. The maximum Gasteiger partial charge on any atom is 0.200 e. The van der Waals surface area contributed by atoms with Crippen molar-refractivity contribution in [1.29, 1.82) is 0 Å². The van der Waals surface area contributed by atoms with Crippen LogP contribution < -0.4 is 0 Å². The molecule has 0 unspecified atom stereocenters. The molecule has 0 saturated carbocycles. The molecule has 0 spiro atoms. The summed E-state index contributed by atoms with van der Waals surface area (Å²) in [6.07, 6.45) is 0. The van der Waals surface area contributed by atoms with Crippen LogP contribution in [0.1, 0.15) is 5.56 Å². The molecule has 0 aliphatic rings. The van der Waals surface area contributed by atoms with E-state index in [1.54, 1.807) is 24.3 Å². The number of halogens is 6. The van der Waals surface area contributed by atoms with Crippen molar-refractivity contribution >= 4 is 23.4 Å². The standard InChI is InChI=1S/C13H6ClF5S/c14-6-1-3-7(4-2-6)20-5-8-9(15)11(17)13(19)12(18)10(8)16/h1-4H,5H2. The van der Waals surface area contributed by atoms with E-state index in [9.17, 15) is 22.0 Å². The molecule has 0 radical (unpaired) electrons. The van der Waals surface area contributed by atoms with Crippen LogP contribution in [-0.4, -0.2) is 0 Å². The topological polar surface area (TPSA) is 0 Å². The van der Waals surface area contributed by atoms with Crippen molar-refractivity contribution in [2.24, 2.45) is 0 Å². The van der Waals surface area contributed by atoms with Crippen LogP contribution >= 0.6 is 23.4 Å². The first-order valence-corrected chi connectivity index (χ1v) is 6.67. The minimum atomic E-state index is -2.15. The Kier molecular flexibility index (Phi) is 4.55. The molecule has 20 heavy (non-hydrogen) atoms. The second kappa shape index (κ2) is 6.01. The smallest absolute Gasteiger partial charge is 0.200 e. The highest BCUT2D eigenvalue weighted by Gasteiger charge is 2.25. The lowest BCUT2D eigenvalue weighted by Crippen LogP contribution is -2.06. The zero-order valence-corrected chi connectivity index (χ0v) is 11.3. The van der Waals surface area contributed by atoms with Gasteiger partial charge in [0, 0.05) is 21.2 Å². The average Bonchev–Trinajstić information content (AvgIpc) is 2.45. The minimum Gasteiger partial charge on any atom is -0.203 e. The highest BCUT2D eigenvalue weighted by atomic mass is 35.5. The van der Waals surface area contributed by atoms with Gasteiger partial charge in [-0.05, 0) is 24.3 Å². The molecule has 0 bridgehead atoms. The van der Waals surface area contributed by atoms with Crippen LogP contribution in [0.25, 0.3) is 0 Å². The van der Waals surface area contributed by atoms with Gasteiger partial charge in [-0.2, -0.15) is 0 Å². The fourth-order valence-corrected chi connectivity index (χ4v) is 2.48. The van der Waals surface area contributed by atoms with Gasteiger partial charge in [0.15, 0.2) is 23.3 Å². The minimum absolute atomic E-state index is 0.382. The molecular formula is C13H6ClF5S. The monoisotopic (exact) mass is 324 g/mol. The van der Waals surface area contributed by atoms with Crippen LogP contribution in [0.4, 0.5) is 22.0 Å². The van der Waals surface area contributed by atoms with Gasteiger partial charge in [0.1, 0.15) is 0 Å². The number of benzene rings is 2. The highest BCUT2D eigenvalue weighted by Crippen LogP contribution is 2.30. The Balaban J connectivity index is 2.28. The fourth-order valence-electron chi connectivity index (χ4n) is 1.46. The lowest BCUT2D eigenvalue weighted by atomic mass is 10.2. The summed E-state index contributed by atoms with van der Waals surface area (Å²) in [4.78, 5) is 0.596. The first-order chi connectivity index (χ1) is 9.41. The number of thioether (sulfide) groups is 1. The Morgan fingerprint density at radius 2 is 1.20 bits per heavy atom. The zero-order chi connectivity index (χ0) is 14.9. The van der Waals surface area contributed by atoms with Gasteiger partial charge in [0.2, 0.25) is 5.82 Å². The summed E-state index contributed by atoms with van der Waals surface area (Å²) in [5, 5.41) is 0.477. The van der Waals surface area contributed by atoms with Gasteiger partial charge in [-0.1, -0.05) is 11.6 Å². The quantitative estimate of drug-likeness (QED) is 0.318. The molecule has 0 nitrogen and oxygen atoms in total. The molecule has 0 heterocycles. The fraction of sp³-hybridized carbons (Fsp3) is 0.0769. The summed E-state index contributed by atoms with van der Waals surface area (Å²) in [7, 11) is 0. The Bertz CT molecular complexity index is 613. The molecule has 2 aromatic carbocycles. The van der Waals surface area contributed by atoms with E-state index >= 15 is 0 Å². The van der Waals surface area contributed by atoms with E-state index in [0.29, 0.717) is 9.92 Å². The van der Waals surface area contributed by atoms with Crippen LogP contribution in [0.5, 0.6) is 0 Å². The average molecular weight is 325 g/mol. The summed E-state index contributed by atoms with van der Waals surface area (Å²) in [5.41, 5.74) is -0.846. The molecule has 0 aliphatic heterocycles. The Morgan fingerprint density at radius 3 is 1.70 bits per heavy atom. The third-order valence-corrected chi connectivity index (χ3v) is 3.79. The van der Waals surface area contributed by atoms with Gasteiger partial charge in [-0.3, -0.25) is 0 Å². The second-order valence-corrected chi connectivity index (χ2v) is 5.28. The third-order valence-electron chi connectivity index (χ3n) is 2.50. The number of hydrogen-bond acceptors (Lipinski definition) is 1. The lowest BCUT2D eigenvalue weighted by molar-refractivity contribution is 0.372. The van der Waals surface area contributed by atoms with Crippen LogP contribution in [-0.2, 0) is 5.75 Å². The van der Waals surface area contributed by atoms with Gasteiger partial charge in [-0.15, -0.1) is 11.8 Å². The van der Waals surface area contributed by atoms with Gasteiger partial charge in [0.25, 0.3) is 0 Å². The Morgan fingerprint density at radius 1 is 0.750 bits per heavy atom. The largest absolute Gasteiger partial charge is 0.203 e. The van der Waals surface area contributed by atoms with Crippen molar-refractivity contribution in [2.45, 2.75) is 10.6 Å². The van der Waals surface area contributed by atoms with Crippen LogP contribution in [0.15, 0.2) is 29.2 Å². The van der Waals surface area contributed by atoms with E-state index in [-0.39, 0.29) is 5.75 Å². The maximum absolute atomic E-state index is 13.4. The molecule has 7 heteroatoms.